The van der Waals surface area contributed by atoms with Crippen molar-refractivity contribution in [3.8, 4) is 0 Å². The van der Waals surface area contributed by atoms with Crippen molar-refractivity contribution in [3.05, 3.63) is 88.1 Å². The number of carboxylic acids is 1. The molecule has 1 amide bonds. The predicted molar refractivity (Wildman–Crippen MR) is 123 cm³/mol. The van der Waals surface area contributed by atoms with Gasteiger partial charge in [0.2, 0.25) is 5.91 Å². The van der Waals surface area contributed by atoms with Crippen molar-refractivity contribution in [1.82, 2.24) is 0 Å². The summed E-state index contributed by atoms with van der Waals surface area (Å²) >= 11 is 6.40. The third-order valence-corrected chi connectivity index (χ3v) is 6.63. The summed E-state index contributed by atoms with van der Waals surface area (Å²) in [5.41, 5.74) is 2.60. The molecule has 0 saturated carbocycles. The normalized spacial score (nSPS) is 18.8. The maximum absolute atomic E-state index is 13.5. The molecule has 1 aliphatic carbocycles. The Morgan fingerprint density at radius 3 is 2.59 bits per heavy atom. The van der Waals surface area contributed by atoms with Crippen LogP contribution in [0.4, 0.5) is 5.69 Å². The highest BCUT2D eigenvalue weighted by Gasteiger charge is 2.40. The number of nitrogens with zero attached hydrogens (tertiary/aromatic N) is 1. The molecule has 1 unspecified atom stereocenters. The topological polar surface area (TPSA) is 74.7 Å². The summed E-state index contributed by atoms with van der Waals surface area (Å²) in [6, 6.07) is 18.2. The molecule has 1 atom stereocenters. The van der Waals surface area contributed by atoms with Crippen LogP contribution in [0.15, 0.2) is 71.9 Å². The molecule has 0 spiro atoms. The van der Waals surface area contributed by atoms with Gasteiger partial charge in [0.05, 0.1) is 16.3 Å². The first kappa shape index (κ1) is 20.5. The lowest BCUT2D eigenvalue weighted by Gasteiger charge is -2.39. The first-order valence-electron chi connectivity index (χ1n) is 10.6. The van der Waals surface area contributed by atoms with E-state index in [1.165, 1.54) is 23.1 Å². The molecule has 0 fully saturated rings. The number of ketones is 1. The van der Waals surface area contributed by atoms with Gasteiger partial charge in [-0.15, -0.1) is 0 Å². The second kappa shape index (κ2) is 7.92. The number of anilines is 1. The van der Waals surface area contributed by atoms with Gasteiger partial charge in [-0.1, -0.05) is 54.1 Å². The molecule has 0 saturated heterocycles. The number of amides is 1. The van der Waals surface area contributed by atoms with Gasteiger partial charge in [-0.25, -0.2) is 4.79 Å². The SMILES string of the molecule is O=C1CCCC2=C1C(c1cccc3ccccc13)CC(=O)N2c1cc(C(=O)O)ccc1Cl. The molecule has 1 aliphatic heterocycles. The Balaban J connectivity index is 1.72. The van der Waals surface area contributed by atoms with E-state index < -0.39 is 5.97 Å². The van der Waals surface area contributed by atoms with Crippen LogP contribution in [0.25, 0.3) is 10.8 Å². The van der Waals surface area contributed by atoms with Crippen molar-refractivity contribution in [2.24, 2.45) is 0 Å². The van der Waals surface area contributed by atoms with Crippen LogP contribution in [0.1, 0.15) is 47.5 Å². The van der Waals surface area contributed by atoms with E-state index in [1.54, 1.807) is 0 Å². The standard InChI is InChI=1S/C26H20ClNO4/c27-20-12-11-16(26(31)32)13-22(20)28-21-9-4-10-23(29)25(21)19(14-24(28)30)18-8-3-6-15-5-1-2-7-17(15)18/h1-3,5-8,11-13,19H,4,9-10,14H2,(H,31,32). The fourth-order valence-electron chi connectivity index (χ4n) is 4.91. The van der Waals surface area contributed by atoms with Crippen molar-refractivity contribution in [2.75, 3.05) is 4.90 Å². The quantitative estimate of drug-likeness (QED) is 0.559. The second-order valence-corrected chi connectivity index (χ2v) is 8.57. The number of carbonyl (C=O) groups excluding carboxylic acids is 2. The van der Waals surface area contributed by atoms with Crippen LogP contribution in [-0.4, -0.2) is 22.8 Å². The monoisotopic (exact) mass is 445 g/mol. The zero-order chi connectivity index (χ0) is 22.4. The Bertz CT molecular complexity index is 1320. The van der Waals surface area contributed by atoms with Crippen molar-refractivity contribution in [1.29, 1.82) is 0 Å². The first-order valence-corrected chi connectivity index (χ1v) is 10.9. The van der Waals surface area contributed by atoms with E-state index in [1.807, 2.05) is 42.5 Å². The molecule has 3 aromatic carbocycles. The van der Waals surface area contributed by atoms with Gasteiger partial charge in [0.1, 0.15) is 0 Å². The number of carboxylic acid groups (broad SMARTS) is 1. The molecule has 6 heteroatoms. The average Bonchev–Trinajstić information content (AvgIpc) is 2.79. The number of hydrogen-bond acceptors (Lipinski definition) is 3. The van der Waals surface area contributed by atoms with Crippen molar-refractivity contribution >= 4 is 45.7 Å². The molecule has 0 radical (unpaired) electrons. The molecular weight excluding hydrogens is 426 g/mol. The van der Waals surface area contributed by atoms with Crippen LogP contribution in [0.3, 0.4) is 0 Å². The van der Waals surface area contributed by atoms with Crippen LogP contribution in [0.5, 0.6) is 0 Å². The number of allylic oxidation sites excluding steroid dienone is 2. The summed E-state index contributed by atoms with van der Waals surface area (Å²) in [6.45, 7) is 0. The summed E-state index contributed by atoms with van der Waals surface area (Å²) in [6.07, 6.45) is 1.75. The summed E-state index contributed by atoms with van der Waals surface area (Å²) < 4.78 is 0. The number of aromatic carboxylic acids is 1. The smallest absolute Gasteiger partial charge is 0.335 e. The number of fused-ring (bicyclic) bond motifs is 1. The molecule has 5 rings (SSSR count). The Morgan fingerprint density at radius 2 is 1.78 bits per heavy atom. The molecule has 160 valence electrons. The zero-order valence-electron chi connectivity index (χ0n) is 17.2. The predicted octanol–water partition coefficient (Wildman–Crippen LogP) is 5.72. The summed E-state index contributed by atoms with van der Waals surface area (Å²) in [7, 11) is 0. The zero-order valence-corrected chi connectivity index (χ0v) is 17.9. The number of benzene rings is 3. The van der Waals surface area contributed by atoms with Gasteiger partial charge in [-0.05, 0) is 47.4 Å². The van der Waals surface area contributed by atoms with Gasteiger partial charge in [-0.2, -0.15) is 0 Å². The van der Waals surface area contributed by atoms with Gasteiger partial charge < -0.3 is 5.11 Å². The van der Waals surface area contributed by atoms with E-state index in [2.05, 4.69) is 0 Å². The lowest BCUT2D eigenvalue weighted by atomic mass is 9.76. The average molecular weight is 446 g/mol. The molecule has 2 aliphatic rings. The molecule has 1 heterocycles. The van der Waals surface area contributed by atoms with Crippen molar-refractivity contribution < 1.29 is 19.5 Å². The highest BCUT2D eigenvalue weighted by Crippen LogP contribution is 2.46. The Hall–Kier alpha value is -3.44. The van der Waals surface area contributed by atoms with Crippen molar-refractivity contribution in [2.45, 2.75) is 31.6 Å². The third kappa shape index (κ3) is 3.30. The van der Waals surface area contributed by atoms with Crippen LogP contribution in [0.2, 0.25) is 5.02 Å². The fourth-order valence-corrected chi connectivity index (χ4v) is 5.11. The van der Waals surface area contributed by atoms with E-state index in [4.69, 9.17) is 11.6 Å². The Kier molecular flexibility index (Phi) is 5.06. The fraction of sp³-hybridized carbons (Fsp3) is 0.192. The van der Waals surface area contributed by atoms with Gasteiger partial charge in [0.15, 0.2) is 5.78 Å². The number of carbonyl (C=O) groups is 3. The minimum atomic E-state index is -1.10. The minimum absolute atomic E-state index is 0.0344. The number of hydrogen-bond donors (Lipinski definition) is 1. The van der Waals surface area contributed by atoms with E-state index in [9.17, 15) is 19.5 Å². The van der Waals surface area contributed by atoms with Crippen molar-refractivity contribution in [3.63, 3.8) is 0 Å². The minimum Gasteiger partial charge on any atom is -0.478 e. The van der Waals surface area contributed by atoms with E-state index in [0.29, 0.717) is 36.2 Å². The maximum atomic E-state index is 13.5. The lowest BCUT2D eigenvalue weighted by molar-refractivity contribution is -0.119. The molecule has 5 nitrogen and oxygen atoms in total. The van der Waals surface area contributed by atoms with Gasteiger partial charge in [0.25, 0.3) is 0 Å². The first-order chi connectivity index (χ1) is 15.5. The third-order valence-electron chi connectivity index (χ3n) is 6.31. The van der Waals surface area contributed by atoms with Crippen LogP contribution in [0, 0.1) is 0 Å². The highest BCUT2D eigenvalue weighted by molar-refractivity contribution is 6.34. The summed E-state index contributed by atoms with van der Waals surface area (Å²) in [5, 5.41) is 11.8. The second-order valence-electron chi connectivity index (χ2n) is 8.16. The molecule has 32 heavy (non-hydrogen) atoms. The molecule has 1 N–H and O–H groups in total. The van der Waals surface area contributed by atoms with E-state index in [0.717, 1.165) is 16.3 Å². The lowest BCUT2D eigenvalue weighted by Crippen LogP contribution is -2.40. The molecule has 3 aromatic rings. The van der Waals surface area contributed by atoms with Crippen LogP contribution in [-0.2, 0) is 9.59 Å². The van der Waals surface area contributed by atoms with Gasteiger partial charge >= 0.3 is 5.97 Å². The van der Waals surface area contributed by atoms with Gasteiger partial charge in [-0.3, -0.25) is 14.5 Å². The molecule has 0 aromatic heterocycles. The van der Waals surface area contributed by atoms with Gasteiger partial charge in [0, 0.05) is 30.0 Å². The van der Waals surface area contributed by atoms with Crippen LogP contribution >= 0.6 is 11.6 Å². The van der Waals surface area contributed by atoms with E-state index >= 15 is 0 Å². The highest BCUT2D eigenvalue weighted by atomic mass is 35.5. The maximum Gasteiger partial charge on any atom is 0.335 e. The van der Waals surface area contributed by atoms with Crippen LogP contribution < -0.4 is 4.90 Å². The summed E-state index contributed by atoms with van der Waals surface area (Å²) in [5.74, 6) is -1.60. The number of Topliss-reactive ketones (excluding diaryl/α,β-unsaturated/α-hetero) is 1. The van der Waals surface area contributed by atoms with E-state index in [-0.39, 0.29) is 34.6 Å². The molecular formula is C26H20ClNO4. The Morgan fingerprint density at radius 1 is 1.00 bits per heavy atom. The summed E-state index contributed by atoms with van der Waals surface area (Å²) in [4.78, 5) is 39.6. The Labute approximate surface area is 189 Å². The number of rotatable bonds is 3. The number of halogens is 1. The largest absolute Gasteiger partial charge is 0.478 e. The molecule has 0 bridgehead atoms.